The summed E-state index contributed by atoms with van der Waals surface area (Å²) in [5.74, 6) is 1.07. The lowest BCUT2D eigenvalue weighted by Gasteiger charge is -2.35. The van der Waals surface area contributed by atoms with E-state index in [1.54, 1.807) is 7.05 Å². The van der Waals surface area contributed by atoms with Gasteiger partial charge in [-0.15, -0.1) is 0 Å². The van der Waals surface area contributed by atoms with Gasteiger partial charge in [-0.05, 0) is 43.0 Å². The highest BCUT2D eigenvalue weighted by atomic mass is 35.5. The van der Waals surface area contributed by atoms with Crippen LogP contribution in [-0.2, 0) is 6.42 Å². The molecule has 2 aromatic rings. The van der Waals surface area contributed by atoms with Crippen molar-refractivity contribution in [1.82, 2.24) is 15.0 Å². The zero-order valence-electron chi connectivity index (χ0n) is 11.5. The molecule has 5 nitrogen and oxygen atoms in total. The van der Waals surface area contributed by atoms with Gasteiger partial charge in [-0.3, -0.25) is 0 Å². The summed E-state index contributed by atoms with van der Waals surface area (Å²) >= 11 is 5.99. The number of nitrogens with one attached hydrogen (secondary N) is 1. The van der Waals surface area contributed by atoms with Crippen LogP contribution in [0.1, 0.15) is 18.9 Å². The van der Waals surface area contributed by atoms with Gasteiger partial charge in [0.2, 0.25) is 17.2 Å². The van der Waals surface area contributed by atoms with Crippen molar-refractivity contribution in [3.05, 3.63) is 35.1 Å². The minimum atomic E-state index is 0.203. The largest absolute Gasteiger partial charge is 0.357 e. The molecule has 1 aliphatic rings. The van der Waals surface area contributed by atoms with Gasteiger partial charge in [-0.1, -0.05) is 18.2 Å². The molecule has 1 atom stereocenters. The van der Waals surface area contributed by atoms with E-state index in [1.165, 1.54) is 5.56 Å². The number of benzene rings is 1. The first-order valence-electron chi connectivity index (χ1n) is 6.65. The number of hydrogen-bond donors (Lipinski definition) is 1. The molecule has 1 aromatic heterocycles. The lowest BCUT2D eigenvalue weighted by molar-refractivity contribution is 0.607. The maximum absolute atomic E-state index is 5.99. The fraction of sp³-hybridized carbons (Fsp3) is 0.357. The average molecular weight is 290 g/mol. The quantitative estimate of drug-likeness (QED) is 0.921. The Bertz CT molecular complexity index is 631. The second-order valence-electron chi connectivity index (χ2n) is 4.86. The molecular formula is C14H16ClN5. The van der Waals surface area contributed by atoms with Gasteiger partial charge < -0.3 is 10.2 Å². The molecule has 0 saturated heterocycles. The van der Waals surface area contributed by atoms with Crippen LogP contribution in [-0.4, -0.2) is 28.0 Å². The molecule has 0 aliphatic carbocycles. The molecule has 20 heavy (non-hydrogen) atoms. The SMILES string of the molecule is CNc1nc(Cl)nc(N2c3ccccc3CCC2C)n1. The van der Waals surface area contributed by atoms with Crippen molar-refractivity contribution >= 4 is 29.2 Å². The fourth-order valence-corrected chi connectivity index (χ4v) is 2.71. The highest BCUT2D eigenvalue weighted by Crippen LogP contribution is 2.35. The standard InChI is InChI=1S/C14H16ClN5/c1-9-7-8-10-5-3-4-6-11(10)20(9)14-18-12(15)17-13(16-2)19-14/h3-6,9H,7-8H2,1-2H3,(H,16,17,18,19). The highest BCUT2D eigenvalue weighted by Gasteiger charge is 2.26. The zero-order valence-corrected chi connectivity index (χ0v) is 12.2. The summed E-state index contributed by atoms with van der Waals surface area (Å²) in [6.45, 7) is 2.17. The summed E-state index contributed by atoms with van der Waals surface area (Å²) in [7, 11) is 1.77. The van der Waals surface area contributed by atoms with Crippen LogP contribution in [0.5, 0.6) is 0 Å². The molecule has 0 spiro atoms. The number of fused-ring (bicyclic) bond motifs is 1. The molecule has 0 bridgehead atoms. The second kappa shape index (κ2) is 5.25. The number of rotatable bonds is 2. The third-order valence-electron chi connectivity index (χ3n) is 3.56. The summed E-state index contributed by atoms with van der Waals surface area (Å²) in [5, 5.41) is 3.12. The van der Waals surface area contributed by atoms with Crippen molar-refractivity contribution in [1.29, 1.82) is 0 Å². The van der Waals surface area contributed by atoms with Crippen LogP contribution in [0.15, 0.2) is 24.3 Å². The minimum Gasteiger partial charge on any atom is -0.357 e. The molecule has 1 aliphatic heterocycles. The van der Waals surface area contributed by atoms with Gasteiger partial charge in [0.25, 0.3) is 0 Å². The van der Waals surface area contributed by atoms with Crippen molar-refractivity contribution in [2.75, 3.05) is 17.3 Å². The maximum atomic E-state index is 5.99. The Morgan fingerprint density at radius 3 is 2.85 bits per heavy atom. The Labute approximate surface area is 123 Å². The van der Waals surface area contributed by atoms with Gasteiger partial charge in [0, 0.05) is 18.8 Å². The number of para-hydroxylation sites is 1. The molecule has 0 radical (unpaired) electrons. The lowest BCUT2D eigenvalue weighted by atomic mass is 9.97. The molecule has 1 unspecified atom stereocenters. The monoisotopic (exact) mass is 289 g/mol. The Morgan fingerprint density at radius 1 is 1.25 bits per heavy atom. The van der Waals surface area contributed by atoms with E-state index in [4.69, 9.17) is 11.6 Å². The lowest BCUT2D eigenvalue weighted by Crippen LogP contribution is -2.34. The van der Waals surface area contributed by atoms with Gasteiger partial charge in [-0.2, -0.15) is 15.0 Å². The molecule has 0 amide bonds. The summed E-state index contributed by atoms with van der Waals surface area (Å²) in [6, 6.07) is 8.67. The minimum absolute atomic E-state index is 0.203. The molecule has 0 fully saturated rings. The number of aryl methyl sites for hydroxylation is 1. The van der Waals surface area contributed by atoms with Crippen LogP contribution in [0.25, 0.3) is 0 Å². The first-order valence-corrected chi connectivity index (χ1v) is 7.03. The molecular weight excluding hydrogens is 274 g/mol. The van der Waals surface area contributed by atoms with Crippen LogP contribution in [0, 0.1) is 0 Å². The number of nitrogens with zero attached hydrogens (tertiary/aromatic N) is 4. The molecule has 1 N–H and O–H groups in total. The second-order valence-corrected chi connectivity index (χ2v) is 5.20. The van der Waals surface area contributed by atoms with Gasteiger partial charge in [0.1, 0.15) is 0 Å². The van der Waals surface area contributed by atoms with Crippen molar-refractivity contribution < 1.29 is 0 Å². The smallest absolute Gasteiger partial charge is 0.236 e. The topological polar surface area (TPSA) is 53.9 Å². The Balaban J connectivity index is 2.11. The van der Waals surface area contributed by atoms with E-state index >= 15 is 0 Å². The number of halogens is 1. The van der Waals surface area contributed by atoms with Crippen molar-refractivity contribution in [3.8, 4) is 0 Å². The fourth-order valence-electron chi connectivity index (χ4n) is 2.55. The van der Waals surface area contributed by atoms with E-state index in [9.17, 15) is 0 Å². The number of aromatic nitrogens is 3. The predicted octanol–water partition coefficient (Wildman–Crippen LogP) is 3.04. The third-order valence-corrected chi connectivity index (χ3v) is 3.73. The maximum Gasteiger partial charge on any atom is 0.236 e. The summed E-state index contributed by atoms with van der Waals surface area (Å²) in [5.41, 5.74) is 2.46. The molecule has 6 heteroatoms. The summed E-state index contributed by atoms with van der Waals surface area (Å²) in [6.07, 6.45) is 2.14. The van der Waals surface area contributed by atoms with Gasteiger partial charge in [0.15, 0.2) is 0 Å². The van der Waals surface area contributed by atoms with Crippen LogP contribution in [0.2, 0.25) is 5.28 Å². The van der Waals surface area contributed by atoms with E-state index in [-0.39, 0.29) is 5.28 Å². The van der Waals surface area contributed by atoms with E-state index in [1.807, 2.05) is 6.07 Å². The van der Waals surface area contributed by atoms with Gasteiger partial charge >= 0.3 is 0 Å². The van der Waals surface area contributed by atoms with E-state index in [0.717, 1.165) is 18.5 Å². The molecule has 2 heterocycles. The third kappa shape index (κ3) is 2.29. The van der Waals surface area contributed by atoms with E-state index in [0.29, 0.717) is 17.9 Å². The average Bonchev–Trinajstić information content (AvgIpc) is 2.46. The number of hydrogen-bond acceptors (Lipinski definition) is 5. The highest BCUT2D eigenvalue weighted by molar-refractivity contribution is 6.28. The molecule has 1 aromatic carbocycles. The van der Waals surface area contributed by atoms with Crippen LogP contribution < -0.4 is 10.2 Å². The van der Waals surface area contributed by atoms with Crippen molar-refractivity contribution in [3.63, 3.8) is 0 Å². The molecule has 104 valence electrons. The predicted molar refractivity (Wildman–Crippen MR) is 80.7 cm³/mol. The molecule has 0 saturated carbocycles. The van der Waals surface area contributed by atoms with Gasteiger partial charge in [-0.25, -0.2) is 0 Å². The first kappa shape index (κ1) is 13.1. The van der Waals surface area contributed by atoms with Gasteiger partial charge in [0.05, 0.1) is 0 Å². The Hall–Kier alpha value is -1.88. The normalized spacial score (nSPS) is 17.8. The van der Waals surface area contributed by atoms with Crippen LogP contribution in [0.4, 0.5) is 17.6 Å². The Kier molecular flexibility index (Phi) is 3.44. The van der Waals surface area contributed by atoms with Crippen LogP contribution in [0.3, 0.4) is 0 Å². The molecule has 3 rings (SSSR count). The Morgan fingerprint density at radius 2 is 2.05 bits per heavy atom. The zero-order chi connectivity index (χ0) is 14.1. The van der Waals surface area contributed by atoms with E-state index in [2.05, 4.69) is 50.3 Å². The first-order chi connectivity index (χ1) is 9.69. The van der Waals surface area contributed by atoms with Crippen molar-refractivity contribution in [2.24, 2.45) is 0 Å². The summed E-state index contributed by atoms with van der Waals surface area (Å²) in [4.78, 5) is 14.9. The van der Waals surface area contributed by atoms with Crippen molar-refractivity contribution in [2.45, 2.75) is 25.8 Å². The number of anilines is 3. The van der Waals surface area contributed by atoms with E-state index < -0.39 is 0 Å². The summed E-state index contributed by atoms with van der Waals surface area (Å²) < 4.78 is 0. The van der Waals surface area contributed by atoms with Crippen LogP contribution >= 0.6 is 11.6 Å².